The first-order chi connectivity index (χ1) is 11.8. The molecule has 6 heteroatoms. The third-order valence-electron chi connectivity index (χ3n) is 3.49. The highest BCUT2D eigenvalue weighted by Gasteiger charge is 2.13. The number of ether oxygens (including phenoxy) is 1. The summed E-state index contributed by atoms with van der Waals surface area (Å²) < 4.78 is 5.41. The number of phenolic OH excluding ortho intramolecular Hbond substituents is 2. The second-order valence-corrected chi connectivity index (χ2v) is 6.60. The van der Waals surface area contributed by atoms with Gasteiger partial charge in [-0.25, -0.2) is 5.43 Å². The Morgan fingerprint density at radius 2 is 1.84 bits per heavy atom. The van der Waals surface area contributed by atoms with Crippen molar-refractivity contribution >= 4 is 12.1 Å². The van der Waals surface area contributed by atoms with Crippen LogP contribution in [0, 0.1) is 0 Å². The number of amides is 1. The lowest BCUT2D eigenvalue weighted by Gasteiger charge is -2.19. The van der Waals surface area contributed by atoms with Crippen molar-refractivity contribution in [2.45, 2.75) is 26.2 Å². The molecule has 0 fully saturated rings. The van der Waals surface area contributed by atoms with E-state index in [0.29, 0.717) is 11.3 Å². The summed E-state index contributed by atoms with van der Waals surface area (Å²) in [5.74, 6) is 0.104. The maximum absolute atomic E-state index is 11.7. The average molecular weight is 342 g/mol. The number of hydrogen-bond acceptors (Lipinski definition) is 5. The maximum Gasteiger partial charge on any atom is 0.277 e. The lowest BCUT2D eigenvalue weighted by atomic mass is 9.87. The minimum atomic E-state index is -0.434. The van der Waals surface area contributed by atoms with Crippen molar-refractivity contribution in [3.8, 4) is 17.2 Å². The fourth-order valence-electron chi connectivity index (χ4n) is 2.05. The van der Waals surface area contributed by atoms with Crippen LogP contribution in [0.15, 0.2) is 47.6 Å². The van der Waals surface area contributed by atoms with Crippen LogP contribution < -0.4 is 10.2 Å². The average Bonchev–Trinajstić information content (AvgIpc) is 2.56. The summed E-state index contributed by atoms with van der Waals surface area (Å²) in [5, 5.41) is 22.7. The van der Waals surface area contributed by atoms with Gasteiger partial charge in [-0.1, -0.05) is 32.9 Å². The van der Waals surface area contributed by atoms with Crippen LogP contribution in [0.25, 0.3) is 0 Å². The maximum atomic E-state index is 11.7. The molecule has 2 aromatic rings. The fourth-order valence-corrected chi connectivity index (χ4v) is 2.05. The summed E-state index contributed by atoms with van der Waals surface area (Å²) in [4.78, 5) is 11.7. The van der Waals surface area contributed by atoms with Crippen molar-refractivity contribution in [2.75, 3.05) is 6.61 Å². The van der Waals surface area contributed by atoms with Crippen LogP contribution in [0.1, 0.15) is 31.9 Å². The molecule has 132 valence electrons. The number of hydrogen-bond donors (Lipinski definition) is 3. The molecule has 0 aliphatic carbocycles. The standard InChI is InChI=1S/C19H22N2O4/c1-19(2,3)14-4-7-16(8-5-14)25-12-18(24)21-20-11-13-10-15(22)6-9-17(13)23/h4-11,22-23H,12H2,1-3H3,(H,21,24)/b20-11+. The van der Waals surface area contributed by atoms with E-state index in [-0.39, 0.29) is 23.5 Å². The topological polar surface area (TPSA) is 91.2 Å². The molecule has 0 unspecified atom stereocenters. The van der Waals surface area contributed by atoms with Crippen LogP contribution in [-0.2, 0) is 10.2 Å². The van der Waals surface area contributed by atoms with E-state index in [9.17, 15) is 15.0 Å². The summed E-state index contributed by atoms with van der Waals surface area (Å²) in [7, 11) is 0. The Labute approximate surface area is 146 Å². The first-order valence-corrected chi connectivity index (χ1v) is 7.83. The largest absolute Gasteiger partial charge is 0.508 e. The van der Waals surface area contributed by atoms with Crippen molar-refractivity contribution < 1.29 is 19.7 Å². The van der Waals surface area contributed by atoms with Gasteiger partial charge in [0.2, 0.25) is 0 Å². The third kappa shape index (κ3) is 5.53. The molecular weight excluding hydrogens is 320 g/mol. The molecule has 0 radical (unpaired) electrons. The fraction of sp³-hybridized carbons (Fsp3) is 0.263. The van der Waals surface area contributed by atoms with Gasteiger partial charge in [-0.3, -0.25) is 4.79 Å². The van der Waals surface area contributed by atoms with E-state index in [4.69, 9.17) is 4.74 Å². The van der Waals surface area contributed by atoms with Crippen LogP contribution in [0.2, 0.25) is 0 Å². The van der Waals surface area contributed by atoms with Gasteiger partial charge in [0.1, 0.15) is 17.2 Å². The highest BCUT2D eigenvalue weighted by molar-refractivity contribution is 5.85. The van der Waals surface area contributed by atoms with Crippen molar-refractivity contribution in [3.05, 3.63) is 53.6 Å². The molecule has 0 bridgehead atoms. The van der Waals surface area contributed by atoms with E-state index < -0.39 is 5.91 Å². The van der Waals surface area contributed by atoms with Gasteiger partial charge in [0.25, 0.3) is 5.91 Å². The van der Waals surface area contributed by atoms with E-state index in [1.54, 1.807) is 0 Å². The summed E-state index contributed by atoms with van der Waals surface area (Å²) in [5.41, 5.74) is 3.83. The molecule has 3 N–H and O–H groups in total. The Morgan fingerprint density at radius 1 is 1.16 bits per heavy atom. The van der Waals surface area contributed by atoms with Crippen molar-refractivity contribution in [1.29, 1.82) is 0 Å². The van der Waals surface area contributed by atoms with Gasteiger partial charge < -0.3 is 14.9 Å². The highest BCUT2D eigenvalue weighted by Crippen LogP contribution is 2.24. The number of rotatable bonds is 5. The summed E-state index contributed by atoms with van der Waals surface area (Å²) in [6.07, 6.45) is 1.24. The Balaban J connectivity index is 1.84. The van der Waals surface area contributed by atoms with Crippen LogP contribution in [0.4, 0.5) is 0 Å². The molecule has 0 saturated carbocycles. The predicted octanol–water partition coefficient (Wildman–Crippen LogP) is 2.92. The van der Waals surface area contributed by atoms with Gasteiger partial charge in [0, 0.05) is 5.56 Å². The van der Waals surface area contributed by atoms with E-state index >= 15 is 0 Å². The minimum Gasteiger partial charge on any atom is -0.508 e. The quantitative estimate of drug-likeness (QED) is 0.443. The van der Waals surface area contributed by atoms with E-state index in [2.05, 4.69) is 31.3 Å². The van der Waals surface area contributed by atoms with Crippen LogP contribution in [0.3, 0.4) is 0 Å². The summed E-state index contributed by atoms with van der Waals surface area (Å²) in [6.45, 7) is 6.19. The Hall–Kier alpha value is -3.02. The van der Waals surface area contributed by atoms with Crippen molar-refractivity contribution in [2.24, 2.45) is 5.10 Å². The van der Waals surface area contributed by atoms with E-state index in [1.807, 2.05) is 24.3 Å². The van der Waals surface area contributed by atoms with Crippen LogP contribution >= 0.6 is 0 Å². The second-order valence-electron chi connectivity index (χ2n) is 6.60. The molecule has 0 atom stereocenters. The summed E-state index contributed by atoms with van der Waals surface area (Å²) >= 11 is 0. The van der Waals surface area contributed by atoms with Gasteiger partial charge in [-0.05, 0) is 41.3 Å². The number of phenols is 2. The number of aromatic hydroxyl groups is 2. The molecule has 0 spiro atoms. The second kappa shape index (κ2) is 7.70. The van der Waals surface area contributed by atoms with Gasteiger partial charge in [-0.15, -0.1) is 0 Å². The third-order valence-corrected chi connectivity index (χ3v) is 3.49. The first-order valence-electron chi connectivity index (χ1n) is 7.83. The van der Waals surface area contributed by atoms with Crippen molar-refractivity contribution in [1.82, 2.24) is 5.43 Å². The highest BCUT2D eigenvalue weighted by atomic mass is 16.5. The van der Waals surface area contributed by atoms with Gasteiger partial charge in [0.05, 0.1) is 6.21 Å². The zero-order chi connectivity index (χ0) is 18.4. The SMILES string of the molecule is CC(C)(C)c1ccc(OCC(=O)N/N=C/c2cc(O)ccc2O)cc1. The minimum absolute atomic E-state index is 0.00684. The smallest absolute Gasteiger partial charge is 0.277 e. The predicted molar refractivity (Wildman–Crippen MR) is 96.1 cm³/mol. The number of nitrogens with zero attached hydrogens (tertiary/aromatic N) is 1. The van der Waals surface area contributed by atoms with Crippen LogP contribution in [-0.4, -0.2) is 28.9 Å². The molecule has 0 saturated heterocycles. The van der Waals surface area contributed by atoms with E-state index in [1.165, 1.54) is 30.0 Å². The van der Waals surface area contributed by atoms with Crippen molar-refractivity contribution in [3.63, 3.8) is 0 Å². The lowest BCUT2D eigenvalue weighted by Crippen LogP contribution is -2.24. The Bertz CT molecular complexity index is 762. The molecule has 6 nitrogen and oxygen atoms in total. The molecule has 25 heavy (non-hydrogen) atoms. The molecule has 0 aromatic heterocycles. The Kier molecular flexibility index (Phi) is 5.64. The van der Waals surface area contributed by atoms with E-state index in [0.717, 1.165) is 0 Å². The lowest BCUT2D eigenvalue weighted by molar-refractivity contribution is -0.123. The molecule has 2 aromatic carbocycles. The number of nitrogens with one attached hydrogen (secondary N) is 1. The van der Waals surface area contributed by atoms with Gasteiger partial charge in [-0.2, -0.15) is 5.10 Å². The molecule has 2 rings (SSSR count). The molecular formula is C19H22N2O4. The van der Waals surface area contributed by atoms with Gasteiger partial charge in [0.15, 0.2) is 6.61 Å². The van der Waals surface area contributed by atoms with Crippen LogP contribution in [0.5, 0.6) is 17.2 Å². The number of benzene rings is 2. The first kappa shape index (κ1) is 18.3. The monoisotopic (exact) mass is 342 g/mol. The molecule has 0 aliphatic heterocycles. The number of carbonyl (C=O) groups is 1. The molecule has 1 amide bonds. The number of hydrazone groups is 1. The zero-order valence-electron chi connectivity index (χ0n) is 14.5. The Morgan fingerprint density at radius 3 is 2.48 bits per heavy atom. The molecule has 0 heterocycles. The summed E-state index contributed by atoms with van der Waals surface area (Å²) in [6, 6.07) is 11.6. The number of carbonyl (C=O) groups excluding carboxylic acids is 1. The van der Waals surface area contributed by atoms with Gasteiger partial charge >= 0.3 is 0 Å². The zero-order valence-corrected chi connectivity index (χ0v) is 14.5. The molecule has 0 aliphatic rings. The normalized spacial score (nSPS) is 11.5.